The van der Waals surface area contributed by atoms with Gasteiger partial charge in [-0.05, 0) is 31.2 Å². The summed E-state index contributed by atoms with van der Waals surface area (Å²) in [5.41, 5.74) is 2.59. The number of carbonyl (C=O) groups is 1. The molecule has 1 aromatic carbocycles. The Hall–Kier alpha value is -3.13. The van der Waals surface area contributed by atoms with Gasteiger partial charge in [0, 0.05) is 18.0 Å². The van der Waals surface area contributed by atoms with Crippen LogP contribution in [0.4, 0.5) is 5.13 Å². The van der Waals surface area contributed by atoms with Gasteiger partial charge in [0.1, 0.15) is 17.4 Å². The molecular weight excluding hydrogens is 336 g/mol. The van der Waals surface area contributed by atoms with Crippen LogP contribution in [0.3, 0.4) is 0 Å². The van der Waals surface area contributed by atoms with Crippen LogP contribution in [0.15, 0.2) is 48.8 Å². The van der Waals surface area contributed by atoms with Gasteiger partial charge in [0.05, 0.1) is 11.0 Å². The first-order valence-corrected chi connectivity index (χ1v) is 8.48. The fourth-order valence-electron chi connectivity index (χ4n) is 2.60. The number of aryl methyl sites for hydroxylation is 1. The number of hydrogen-bond acceptors (Lipinski definition) is 6. The number of para-hydroxylation sites is 2. The third-order valence-corrected chi connectivity index (χ3v) is 4.40. The molecule has 0 aliphatic carbocycles. The standard InChI is InChI=1S/C17H14N6OS/c1-11-21-22-17(25-11)20-15(24)10-23-14-7-3-2-6-13(14)19-16(23)12-5-4-8-18-9-12/h2-9H,10H2,1H3,(H,20,22,24). The molecule has 0 aliphatic rings. The molecule has 3 aromatic heterocycles. The molecule has 4 rings (SSSR count). The van der Waals surface area contributed by atoms with E-state index in [1.807, 2.05) is 47.9 Å². The van der Waals surface area contributed by atoms with Crippen LogP contribution in [0.2, 0.25) is 0 Å². The van der Waals surface area contributed by atoms with Gasteiger partial charge in [-0.25, -0.2) is 4.98 Å². The zero-order valence-corrected chi connectivity index (χ0v) is 14.2. The minimum absolute atomic E-state index is 0.128. The molecule has 7 nitrogen and oxygen atoms in total. The van der Waals surface area contributed by atoms with Crippen molar-refractivity contribution in [2.45, 2.75) is 13.5 Å². The third kappa shape index (κ3) is 3.11. The van der Waals surface area contributed by atoms with Crippen molar-refractivity contribution in [1.82, 2.24) is 24.7 Å². The van der Waals surface area contributed by atoms with E-state index in [1.165, 1.54) is 11.3 Å². The molecule has 25 heavy (non-hydrogen) atoms. The van der Waals surface area contributed by atoms with Crippen molar-refractivity contribution < 1.29 is 4.79 Å². The summed E-state index contributed by atoms with van der Waals surface area (Å²) in [6.07, 6.45) is 3.45. The first-order valence-electron chi connectivity index (χ1n) is 7.66. The number of rotatable bonds is 4. The fourth-order valence-corrected chi connectivity index (χ4v) is 3.21. The smallest absolute Gasteiger partial charge is 0.246 e. The molecule has 4 aromatic rings. The van der Waals surface area contributed by atoms with Crippen LogP contribution in [-0.4, -0.2) is 30.6 Å². The first kappa shape index (κ1) is 15.4. The van der Waals surface area contributed by atoms with Crippen molar-refractivity contribution in [3.63, 3.8) is 0 Å². The average Bonchev–Trinajstić information content (AvgIpc) is 3.19. The van der Waals surface area contributed by atoms with Gasteiger partial charge in [-0.1, -0.05) is 23.5 Å². The second-order valence-corrected chi connectivity index (χ2v) is 6.61. The fraction of sp³-hybridized carbons (Fsp3) is 0.118. The second-order valence-electron chi connectivity index (χ2n) is 5.43. The largest absolute Gasteiger partial charge is 0.314 e. The molecule has 0 bridgehead atoms. The highest BCUT2D eigenvalue weighted by Crippen LogP contribution is 2.24. The first-order chi connectivity index (χ1) is 12.2. The van der Waals surface area contributed by atoms with E-state index < -0.39 is 0 Å². The van der Waals surface area contributed by atoms with Gasteiger partial charge in [-0.3, -0.25) is 15.1 Å². The van der Waals surface area contributed by atoms with Crippen molar-refractivity contribution in [1.29, 1.82) is 0 Å². The molecule has 1 amide bonds. The molecule has 0 radical (unpaired) electrons. The maximum atomic E-state index is 12.5. The molecule has 0 saturated heterocycles. The SMILES string of the molecule is Cc1nnc(NC(=O)Cn2c(-c3cccnc3)nc3ccccc32)s1. The van der Waals surface area contributed by atoms with E-state index in [1.54, 1.807) is 12.4 Å². The highest BCUT2D eigenvalue weighted by Gasteiger charge is 2.16. The van der Waals surface area contributed by atoms with Crippen molar-refractivity contribution in [2.24, 2.45) is 0 Å². The maximum absolute atomic E-state index is 12.5. The Kier molecular flexibility index (Phi) is 3.95. The number of imidazole rings is 1. The lowest BCUT2D eigenvalue weighted by Crippen LogP contribution is -2.19. The molecule has 1 N–H and O–H groups in total. The Labute approximate surface area is 147 Å². The summed E-state index contributed by atoms with van der Waals surface area (Å²) in [5.74, 6) is 0.530. The third-order valence-electron chi connectivity index (χ3n) is 3.65. The highest BCUT2D eigenvalue weighted by molar-refractivity contribution is 7.15. The number of aromatic nitrogens is 5. The highest BCUT2D eigenvalue weighted by atomic mass is 32.1. The molecule has 0 spiro atoms. The van der Waals surface area contributed by atoms with Gasteiger partial charge >= 0.3 is 0 Å². The Bertz CT molecular complexity index is 1040. The number of benzene rings is 1. The van der Waals surface area contributed by atoms with E-state index in [0.29, 0.717) is 11.0 Å². The lowest BCUT2D eigenvalue weighted by Gasteiger charge is -2.08. The van der Waals surface area contributed by atoms with Crippen molar-refractivity contribution in [3.8, 4) is 11.4 Å². The van der Waals surface area contributed by atoms with Crippen LogP contribution >= 0.6 is 11.3 Å². The quantitative estimate of drug-likeness (QED) is 0.612. The number of nitrogens with one attached hydrogen (secondary N) is 1. The van der Waals surface area contributed by atoms with E-state index >= 15 is 0 Å². The number of hydrogen-bond donors (Lipinski definition) is 1. The lowest BCUT2D eigenvalue weighted by atomic mass is 10.2. The molecule has 8 heteroatoms. The number of amides is 1. The van der Waals surface area contributed by atoms with Crippen molar-refractivity contribution in [2.75, 3.05) is 5.32 Å². The summed E-state index contributed by atoms with van der Waals surface area (Å²) in [4.78, 5) is 21.3. The van der Waals surface area contributed by atoms with E-state index in [-0.39, 0.29) is 12.5 Å². The number of anilines is 1. The van der Waals surface area contributed by atoms with Crippen LogP contribution in [-0.2, 0) is 11.3 Å². The predicted molar refractivity (Wildman–Crippen MR) is 96.2 cm³/mol. The predicted octanol–water partition coefficient (Wildman–Crippen LogP) is 2.90. The Morgan fingerprint density at radius 2 is 2.08 bits per heavy atom. The van der Waals surface area contributed by atoms with E-state index in [2.05, 4.69) is 25.5 Å². The molecule has 3 heterocycles. The molecular formula is C17H14N6OS. The van der Waals surface area contributed by atoms with E-state index in [9.17, 15) is 4.79 Å². The van der Waals surface area contributed by atoms with Crippen LogP contribution < -0.4 is 5.32 Å². The average molecular weight is 350 g/mol. The minimum atomic E-state index is -0.176. The Balaban J connectivity index is 1.71. The maximum Gasteiger partial charge on any atom is 0.246 e. The monoisotopic (exact) mass is 350 g/mol. The van der Waals surface area contributed by atoms with E-state index in [4.69, 9.17) is 0 Å². The summed E-state index contributed by atoms with van der Waals surface area (Å²) in [6.45, 7) is 1.97. The van der Waals surface area contributed by atoms with Crippen molar-refractivity contribution in [3.05, 3.63) is 53.8 Å². The van der Waals surface area contributed by atoms with Gasteiger partial charge in [-0.15, -0.1) is 10.2 Å². The summed E-state index contributed by atoms with van der Waals surface area (Å²) < 4.78 is 1.88. The molecule has 0 aliphatic heterocycles. The number of nitrogens with zero attached hydrogens (tertiary/aromatic N) is 5. The topological polar surface area (TPSA) is 85.6 Å². The van der Waals surface area contributed by atoms with Gasteiger partial charge in [-0.2, -0.15) is 0 Å². The molecule has 0 unspecified atom stereocenters. The Morgan fingerprint density at radius 1 is 1.20 bits per heavy atom. The summed E-state index contributed by atoms with van der Waals surface area (Å²) in [6, 6.07) is 11.5. The Morgan fingerprint density at radius 3 is 2.84 bits per heavy atom. The van der Waals surface area contributed by atoms with E-state index in [0.717, 1.165) is 21.6 Å². The summed E-state index contributed by atoms with van der Waals surface area (Å²) >= 11 is 1.34. The molecule has 0 atom stereocenters. The number of fused-ring (bicyclic) bond motifs is 1. The second kappa shape index (κ2) is 6.40. The lowest BCUT2D eigenvalue weighted by molar-refractivity contribution is -0.116. The zero-order chi connectivity index (χ0) is 17.2. The van der Waals surface area contributed by atoms with Crippen LogP contribution in [0.1, 0.15) is 5.01 Å². The van der Waals surface area contributed by atoms with Gasteiger partial charge in [0.2, 0.25) is 11.0 Å². The zero-order valence-electron chi connectivity index (χ0n) is 13.4. The van der Waals surface area contributed by atoms with Crippen LogP contribution in [0.25, 0.3) is 22.4 Å². The molecule has 124 valence electrons. The summed E-state index contributed by atoms with van der Waals surface area (Å²) in [7, 11) is 0. The summed E-state index contributed by atoms with van der Waals surface area (Å²) in [5, 5.41) is 11.9. The van der Waals surface area contributed by atoms with Crippen LogP contribution in [0, 0.1) is 6.92 Å². The molecule has 0 fully saturated rings. The van der Waals surface area contributed by atoms with Crippen molar-refractivity contribution >= 4 is 33.4 Å². The number of carbonyl (C=O) groups excluding carboxylic acids is 1. The minimum Gasteiger partial charge on any atom is -0.314 e. The van der Waals surface area contributed by atoms with Gasteiger partial charge < -0.3 is 4.57 Å². The molecule has 0 saturated carbocycles. The van der Waals surface area contributed by atoms with Crippen LogP contribution in [0.5, 0.6) is 0 Å². The normalized spacial score (nSPS) is 10.9. The number of pyridine rings is 1. The van der Waals surface area contributed by atoms with Gasteiger partial charge in [0.25, 0.3) is 0 Å². The van der Waals surface area contributed by atoms with Gasteiger partial charge in [0.15, 0.2) is 0 Å².